The zero-order valence-corrected chi connectivity index (χ0v) is 9.94. The molecule has 0 aliphatic heterocycles. The molecule has 1 amide bonds. The zero-order valence-electron chi connectivity index (χ0n) is 9.13. The third kappa shape index (κ3) is 3.09. The Morgan fingerprint density at radius 2 is 2.33 bits per heavy atom. The Balaban J connectivity index is 2.53. The highest BCUT2D eigenvalue weighted by Gasteiger charge is 2.26. The van der Waals surface area contributed by atoms with Gasteiger partial charge in [0.25, 0.3) is 0 Å². The minimum absolute atomic E-state index is 0.000437. The maximum Gasteiger partial charge on any atom is 0.227 e. The number of hydrogen-bond acceptors (Lipinski definition) is 5. The van der Waals surface area contributed by atoms with Crippen molar-refractivity contribution in [2.24, 2.45) is 5.41 Å². The van der Waals surface area contributed by atoms with Crippen LogP contribution in [-0.4, -0.2) is 24.5 Å². The topological polar surface area (TPSA) is 80.0 Å². The molecule has 1 rings (SSSR count). The van der Waals surface area contributed by atoms with E-state index in [0.717, 1.165) is 5.13 Å². The van der Waals surface area contributed by atoms with Crippen molar-refractivity contribution in [3.63, 3.8) is 0 Å². The Bertz CT molecular complexity index is 348. The van der Waals surface area contributed by atoms with Gasteiger partial charge in [-0.2, -0.15) is 0 Å². The summed E-state index contributed by atoms with van der Waals surface area (Å²) in [5.74, 6) is -0.000437. The molecule has 15 heavy (non-hydrogen) atoms. The monoisotopic (exact) mass is 228 g/mol. The van der Waals surface area contributed by atoms with Crippen LogP contribution in [-0.2, 0) is 4.79 Å². The summed E-state index contributed by atoms with van der Waals surface area (Å²) in [5.41, 5.74) is 5.08. The van der Waals surface area contributed by atoms with Crippen LogP contribution in [0.5, 0.6) is 0 Å². The highest BCUT2D eigenvalue weighted by Crippen LogP contribution is 2.22. The van der Waals surface area contributed by atoms with Crippen molar-refractivity contribution in [2.75, 3.05) is 24.6 Å². The van der Waals surface area contributed by atoms with Crippen LogP contribution in [0.25, 0.3) is 0 Å². The number of thiazole rings is 1. The van der Waals surface area contributed by atoms with E-state index in [9.17, 15) is 4.79 Å². The van der Waals surface area contributed by atoms with Gasteiger partial charge in [-0.15, -0.1) is 0 Å². The van der Waals surface area contributed by atoms with Gasteiger partial charge >= 0.3 is 0 Å². The molecule has 0 spiro atoms. The van der Waals surface area contributed by atoms with Gasteiger partial charge < -0.3 is 16.4 Å². The molecule has 0 fully saturated rings. The summed E-state index contributed by atoms with van der Waals surface area (Å²) >= 11 is 1.37. The fourth-order valence-electron chi connectivity index (χ4n) is 1.08. The molecule has 0 saturated heterocycles. The Kier molecular flexibility index (Phi) is 3.52. The van der Waals surface area contributed by atoms with Gasteiger partial charge in [0, 0.05) is 13.6 Å². The number of amides is 1. The van der Waals surface area contributed by atoms with E-state index in [2.05, 4.69) is 15.6 Å². The first-order valence-corrected chi connectivity index (χ1v) is 5.45. The van der Waals surface area contributed by atoms with Crippen LogP contribution in [0.15, 0.2) is 6.20 Å². The van der Waals surface area contributed by atoms with Gasteiger partial charge in [0.2, 0.25) is 5.91 Å². The number of aromatic nitrogens is 1. The van der Waals surface area contributed by atoms with Crippen LogP contribution >= 0.6 is 11.3 Å². The van der Waals surface area contributed by atoms with Crippen LogP contribution in [0.3, 0.4) is 0 Å². The molecular formula is C9H16N4OS. The van der Waals surface area contributed by atoms with E-state index in [1.807, 2.05) is 13.8 Å². The molecule has 0 aliphatic carbocycles. The van der Waals surface area contributed by atoms with Gasteiger partial charge in [-0.25, -0.2) is 4.98 Å². The number of carbonyl (C=O) groups excluding carboxylic acids is 1. The Morgan fingerprint density at radius 3 is 2.80 bits per heavy atom. The number of nitrogens with two attached hydrogens (primary N) is 1. The van der Waals surface area contributed by atoms with Crippen molar-refractivity contribution in [3.8, 4) is 0 Å². The van der Waals surface area contributed by atoms with Crippen molar-refractivity contribution < 1.29 is 4.79 Å². The van der Waals surface area contributed by atoms with E-state index < -0.39 is 5.41 Å². The van der Waals surface area contributed by atoms with Gasteiger partial charge in [-0.3, -0.25) is 4.79 Å². The van der Waals surface area contributed by atoms with Crippen molar-refractivity contribution >= 4 is 27.4 Å². The lowest BCUT2D eigenvalue weighted by Gasteiger charge is -2.22. The predicted octanol–water partition coefficient (Wildman–Crippen LogP) is 0.909. The summed E-state index contributed by atoms with van der Waals surface area (Å²) in [4.78, 5) is 15.5. The molecule has 0 bridgehead atoms. The first-order valence-electron chi connectivity index (χ1n) is 4.63. The van der Waals surface area contributed by atoms with E-state index >= 15 is 0 Å². The Morgan fingerprint density at radius 1 is 1.67 bits per heavy atom. The second kappa shape index (κ2) is 4.48. The smallest absolute Gasteiger partial charge is 0.227 e. The van der Waals surface area contributed by atoms with E-state index in [-0.39, 0.29) is 5.91 Å². The standard InChI is InChI=1S/C9H16N4OS/c1-9(2,7(14)11-3)5-13-8-12-4-6(10)15-8/h4H,5,10H2,1-3H3,(H,11,14)(H,12,13). The molecule has 0 saturated carbocycles. The van der Waals surface area contributed by atoms with E-state index in [1.165, 1.54) is 11.3 Å². The molecule has 0 atom stereocenters. The van der Waals surface area contributed by atoms with Crippen LogP contribution in [0.4, 0.5) is 10.1 Å². The summed E-state index contributed by atoms with van der Waals surface area (Å²) in [6, 6.07) is 0. The number of nitrogens with one attached hydrogen (secondary N) is 2. The number of anilines is 2. The molecule has 1 heterocycles. The van der Waals surface area contributed by atoms with Gasteiger partial charge in [-0.1, -0.05) is 11.3 Å². The molecule has 84 valence electrons. The first kappa shape index (κ1) is 11.8. The normalized spacial score (nSPS) is 11.1. The van der Waals surface area contributed by atoms with Gasteiger partial charge in [0.1, 0.15) is 5.00 Å². The van der Waals surface area contributed by atoms with Crippen LogP contribution in [0, 0.1) is 5.41 Å². The largest absolute Gasteiger partial charge is 0.389 e. The van der Waals surface area contributed by atoms with E-state index in [1.54, 1.807) is 13.2 Å². The zero-order chi connectivity index (χ0) is 11.5. The average Bonchev–Trinajstić information content (AvgIpc) is 2.60. The maximum absolute atomic E-state index is 11.5. The minimum Gasteiger partial charge on any atom is -0.389 e. The summed E-state index contributed by atoms with van der Waals surface area (Å²) in [5, 5.41) is 7.12. The fraction of sp³-hybridized carbons (Fsp3) is 0.556. The van der Waals surface area contributed by atoms with Crippen molar-refractivity contribution in [2.45, 2.75) is 13.8 Å². The quantitative estimate of drug-likeness (QED) is 0.715. The number of rotatable bonds is 4. The van der Waals surface area contributed by atoms with Crippen LogP contribution < -0.4 is 16.4 Å². The highest BCUT2D eigenvalue weighted by molar-refractivity contribution is 7.19. The van der Waals surface area contributed by atoms with Gasteiger partial charge in [-0.05, 0) is 13.8 Å². The third-order valence-corrected chi connectivity index (χ3v) is 2.83. The summed E-state index contributed by atoms with van der Waals surface area (Å²) in [7, 11) is 1.63. The molecule has 6 heteroatoms. The molecule has 0 unspecified atom stereocenters. The van der Waals surface area contributed by atoms with Crippen molar-refractivity contribution in [1.82, 2.24) is 10.3 Å². The molecule has 0 aliphatic rings. The molecule has 1 aromatic rings. The molecule has 0 radical (unpaired) electrons. The molecule has 5 nitrogen and oxygen atoms in total. The molecule has 4 N–H and O–H groups in total. The summed E-state index contributed by atoms with van der Waals surface area (Å²) < 4.78 is 0. The maximum atomic E-state index is 11.5. The lowest BCUT2D eigenvalue weighted by molar-refractivity contribution is -0.128. The van der Waals surface area contributed by atoms with Gasteiger partial charge in [0.05, 0.1) is 11.6 Å². The number of nitrogens with zero attached hydrogens (tertiary/aromatic N) is 1. The Hall–Kier alpha value is -1.30. The van der Waals surface area contributed by atoms with E-state index in [0.29, 0.717) is 11.5 Å². The van der Waals surface area contributed by atoms with E-state index in [4.69, 9.17) is 5.73 Å². The SMILES string of the molecule is CNC(=O)C(C)(C)CNc1ncc(N)s1. The Labute approximate surface area is 93.1 Å². The van der Waals surface area contributed by atoms with Crippen LogP contribution in [0.1, 0.15) is 13.8 Å². The third-order valence-electron chi connectivity index (χ3n) is 2.05. The summed E-state index contributed by atoms with van der Waals surface area (Å²) in [6.07, 6.45) is 1.60. The molecular weight excluding hydrogens is 212 g/mol. The lowest BCUT2D eigenvalue weighted by atomic mass is 9.92. The molecule has 1 aromatic heterocycles. The summed E-state index contributed by atoms with van der Waals surface area (Å²) in [6.45, 7) is 4.27. The predicted molar refractivity (Wildman–Crippen MR) is 62.9 cm³/mol. The fourth-order valence-corrected chi connectivity index (χ4v) is 1.66. The second-order valence-corrected chi connectivity index (χ2v) is 4.95. The number of nitrogen functional groups attached to an aromatic ring is 1. The van der Waals surface area contributed by atoms with Gasteiger partial charge in [0.15, 0.2) is 5.13 Å². The molecule has 0 aromatic carbocycles. The average molecular weight is 228 g/mol. The second-order valence-electron chi connectivity index (χ2n) is 3.88. The first-order chi connectivity index (χ1) is 6.95. The number of carbonyl (C=O) groups is 1. The van der Waals surface area contributed by atoms with Crippen molar-refractivity contribution in [3.05, 3.63) is 6.20 Å². The lowest BCUT2D eigenvalue weighted by Crippen LogP contribution is -2.39. The van der Waals surface area contributed by atoms with Crippen LogP contribution in [0.2, 0.25) is 0 Å². The minimum atomic E-state index is -0.463. The highest BCUT2D eigenvalue weighted by atomic mass is 32.1. The van der Waals surface area contributed by atoms with Crippen molar-refractivity contribution in [1.29, 1.82) is 0 Å². The number of hydrogen-bond donors (Lipinski definition) is 3.